The topological polar surface area (TPSA) is 144 Å². The molecule has 1 aliphatic rings. The number of benzene rings is 3. The first-order valence-electron chi connectivity index (χ1n) is 19.3. The van der Waals surface area contributed by atoms with Crippen molar-refractivity contribution in [1.29, 1.82) is 0 Å². The Hall–Kier alpha value is -5.63. The van der Waals surface area contributed by atoms with Crippen LogP contribution in [-0.4, -0.2) is 59.6 Å². The van der Waals surface area contributed by atoms with Gasteiger partial charge in [-0.25, -0.2) is 14.3 Å². The Balaban J connectivity index is 1.11. The van der Waals surface area contributed by atoms with E-state index in [-0.39, 0.29) is 35.6 Å². The molecular weight excluding hydrogens is 762 g/mol. The molecule has 2 amide bonds. The number of nitrogens with zero attached hydrogens (tertiary/aromatic N) is 3. The number of methoxy groups -OCH3 is 1. The van der Waals surface area contributed by atoms with E-state index in [0.29, 0.717) is 47.4 Å². The van der Waals surface area contributed by atoms with E-state index in [1.54, 1.807) is 35.9 Å². The highest BCUT2D eigenvalue weighted by molar-refractivity contribution is 6.31. The molecule has 0 aliphatic carbocycles. The number of urea groups is 1. The SMILES string of the molecule is COC(=O)c1ccc(C)c(-n2c(C)cc(OCc3ccccc3CNC(=O)Nc3cc(C(C)(C)C)nn3-c3cccc(OCCOC4CCCCO4)c3)c(Cl)c2=O)c1. The molecule has 3 heterocycles. The molecule has 6 rings (SSSR count). The molecule has 306 valence electrons. The third kappa shape index (κ3) is 10.3. The maximum Gasteiger partial charge on any atom is 0.337 e. The predicted molar refractivity (Wildman–Crippen MR) is 222 cm³/mol. The van der Waals surface area contributed by atoms with Gasteiger partial charge in [0.15, 0.2) is 6.29 Å². The van der Waals surface area contributed by atoms with Gasteiger partial charge in [0.25, 0.3) is 5.56 Å². The number of ether oxygens (including phenoxy) is 5. The van der Waals surface area contributed by atoms with Crippen LogP contribution in [0.15, 0.2) is 83.7 Å². The summed E-state index contributed by atoms with van der Waals surface area (Å²) >= 11 is 6.60. The second-order valence-electron chi connectivity index (χ2n) is 15.1. The van der Waals surface area contributed by atoms with Gasteiger partial charge in [-0.15, -0.1) is 0 Å². The molecule has 14 heteroatoms. The molecular formula is C44H50ClN5O8. The Morgan fingerprint density at radius 2 is 1.74 bits per heavy atom. The molecule has 0 saturated carbocycles. The highest BCUT2D eigenvalue weighted by Gasteiger charge is 2.23. The molecule has 58 heavy (non-hydrogen) atoms. The summed E-state index contributed by atoms with van der Waals surface area (Å²) in [7, 11) is 1.30. The van der Waals surface area contributed by atoms with Crippen molar-refractivity contribution in [2.45, 2.75) is 78.7 Å². The molecule has 1 aliphatic heterocycles. The van der Waals surface area contributed by atoms with Crippen molar-refractivity contribution in [1.82, 2.24) is 19.7 Å². The number of pyridine rings is 1. The molecule has 0 radical (unpaired) electrons. The third-order valence-electron chi connectivity index (χ3n) is 9.69. The van der Waals surface area contributed by atoms with E-state index in [0.717, 1.165) is 48.3 Å². The minimum absolute atomic E-state index is 0.0829. The number of hydrogen-bond acceptors (Lipinski definition) is 9. The number of anilines is 1. The van der Waals surface area contributed by atoms with Crippen LogP contribution in [0.3, 0.4) is 0 Å². The number of aryl methyl sites for hydroxylation is 2. The Morgan fingerprint density at radius 3 is 2.48 bits per heavy atom. The first-order chi connectivity index (χ1) is 27.8. The first-order valence-corrected chi connectivity index (χ1v) is 19.6. The van der Waals surface area contributed by atoms with Crippen LogP contribution >= 0.6 is 11.6 Å². The molecule has 1 atom stereocenters. The van der Waals surface area contributed by atoms with Crippen molar-refractivity contribution >= 4 is 29.4 Å². The van der Waals surface area contributed by atoms with Crippen LogP contribution in [0, 0.1) is 13.8 Å². The summed E-state index contributed by atoms with van der Waals surface area (Å²) in [6.07, 6.45) is 2.87. The van der Waals surface area contributed by atoms with Gasteiger partial charge in [0.1, 0.15) is 35.6 Å². The van der Waals surface area contributed by atoms with E-state index < -0.39 is 17.6 Å². The molecule has 1 saturated heterocycles. The van der Waals surface area contributed by atoms with Gasteiger partial charge in [-0.05, 0) is 74.1 Å². The molecule has 1 fully saturated rings. The number of amides is 2. The van der Waals surface area contributed by atoms with E-state index in [1.165, 1.54) is 11.7 Å². The number of nitrogens with one attached hydrogen (secondary N) is 2. The quantitative estimate of drug-likeness (QED) is 0.0838. The molecule has 5 aromatic rings. The summed E-state index contributed by atoms with van der Waals surface area (Å²) < 4.78 is 31.6. The second kappa shape index (κ2) is 18.8. The lowest BCUT2D eigenvalue weighted by Gasteiger charge is -2.22. The van der Waals surface area contributed by atoms with E-state index in [2.05, 4.69) is 31.4 Å². The van der Waals surface area contributed by atoms with Gasteiger partial charge in [-0.1, -0.05) is 68.8 Å². The van der Waals surface area contributed by atoms with Crippen molar-refractivity contribution < 1.29 is 33.3 Å². The Bertz CT molecular complexity index is 2310. The van der Waals surface area contributed by atoms with Crippen LogP contribution in [0.1, 0.15) is 78.5 Å². The Labute approximate surface area is 343 Å². The van der Waals surface area contributed by atoms with Crippen molar-refractivity contribution in [2.24, 2.45) is 0 Å². The Kier molecular flexibility index (Phi) is 13.6. The van der Waals surface area contributed by atoms with Gasteiger partial charge in [-0.3, -0.25) is 14.7 Å². The zero-order valence-corrected chi connectivity index (χ0v) is 34.5. The van der Waals surface area contributed by atoms with Crippen LogP contribution in [0.5, 0.6) is 11.5 Å². The van der Waals surface area contributed by atoms with Crippen LogP contribution in [0.25, 0.3) is 11.4 Å². The summed E-state index contributed by atoms with van der Waals surface area (Å²) in [6.45, 7) is 11.5. The molecule has 3 aromatic carbocycles. The normalized spacial score (nSPS) is 14.2. The molecule has 13 nitrogen and oxygen atoms in total. The lowest BCUT2D eigenvalue weighted by molar-refractivity contribution is -0.165. The van der Waals surface area contributed by atoms with Crippen LogP contribution in [0.4, 0.5) is 10.6 Å². The summed E-state index contributed by atoms with van der Waals surface area (Å²) in [5, 5.41) is 10.7. The summed E-state index contributed by atoms with van der Waals surface area (Å²) in [5.74, 6) is 0.828. The molecule has 2 N–H and O–H groups in total. The highest BCUT2D eigenvalue weighted by atomic mass is 35.5. The van der Waals surface area contributed by atoms with Crippen molar-refractivity contribution in [3.05, 3.63) is 128 Å². The average Bonchev–Trinajstić information content (AvgIpc) is 3.65. The van der Waals surface area contributed by atoms with Gasteiger partial charge < -0.3 is 29.0 Å². The summed E-state index contributed by atoms with van der Waals surface area (Å²) in [6, 6.07) is 23.1. The summed E-state index contributed by atoms with van der Waals surface area (Å²) in [4.78, 5) is 39.2. The van der Waals surface area contributed by atoms with E-state index in [1.807, 2.05) is 61.5 Å². The second-order valence-corrected chi connectivity index (χ2v) is 15.4. The maximum atomic E-state index is 13.6. The monoisotopic (exact) mass is 811 g/mol. The molecule has 0 bridgehead atoms. The van der Waals surface area contributed by atoms with Crippen molar-refractivity contribution in [2.75, 3.05) is 32.2 Å². The fraction of sp³-hybridized carbons (Fsp3) is 0.364. The minimum atomic E-state index is -0.514. The highest BCUT2D eigenvalue weighted by Crippen LogP contribution is 2.29. The standard InChI is InChI=1S/C44H50ClN5O8/c1-28-17-18-30(42(52)54-6)23-35(28)49-29(2)22-36(40(45)41(49)51)58-27-32-13-8-7-12-31(32)26-46-43(53)47-38-25-37(44(3,4)5)48-50(38)33-14-11-15-34(24-33)55-20-21-57-39-16-9-10-19-56-39/h7-8,11-15,17-18,22-25,39H,9-10,16,19-21,26-27H2,1-6H3,(H2,46,47,53). The maximum absolute atomic E-state index is 13.6. The average molecular weight is 812 g/mol. The fourth-order valence-corrected chi connectivity index (χ4v) is 6.66. The number of aromatic nitrogens is 3. The lowest BCUT2D eigenvalue weighted by Crippen LogP contribution is -2.29. The zero-order chi connectivity index (χ0) is 41.4. The predicted octanol–water partition coefficient (Wildman–Crippen LogP) is 8.20. The molecule has 2 aromatic heterocycles. The molecule has 0 spiro atoms. The van der Waals surface area contributed by atoms with Gasteiger partial charge in [-0.2, -0.15) is 5.10 Å². The first kappa shape index (κ1) is 42.0. The van der Waals surface area contributed by atoms with Crippen molar-refractivity contribution in [3.8, 4) is 22.9 Å². The smallest absolute Gasteiger partial charge is 0.337 e. The van der Waals surface area contributed by atoms with E-state index in [4.69, 9.17) is 40.4 Å². The minimum Gasteiger partial charge on any atom is -0.491 e. The summed E-state index contributed by atoms with van der Waals surface area (Å²) in [5.41, 5.74) is 4.48. The van der Waals surface area contributed by atoms with Crippen LogP contribution < -0.4 is 25.7 Å². The fourth-order valence-electron chi connectivity index (χ4n) is 6.46. The van der Waals surface area contributed by atoms with Gasteiger partial charge in [0.2, 0.25) is 0 Å². The zero-order valence-electron chi connectivity index (χ0n) is 33.7. The van der Waals surface area contributed by atoms with Crippen LogP contribution in [-0.2, 0) is 32.8 Å². The van der Waals surface area contributed by atoms with E-state index in [9.17, 15) is 14.4 Å². The van der Waals surface area contributed by atoms with E-state index >= 15 is 0 Å². The van der Waals surface area contributed by atoms with Crippen molar-refractivity contribution in [3.63, 3.8) is 0 Å². The number of halogens is 1. The van der Waals surface area contributed by atoms with Gasteiger partial charge in [0.05, 0.1) is 36.3 Å². The van der Waals surface area contributed by atoms with Gasteiger partial charge in [0, 0.05) is 42.5 Å². The number of carbonyl (C=O) groups is 2. The molecule has 1 unspecified atom stereocenters. The number of esters is 1. The number of rotatable bonds is 14. The lowest BCUT2D eigenvalue weighted by atomic mass is 9.92. The number of carbonyl (C=O) groups excluding carboxylic acids is 2. The van der Waals surface area contributed by atoms with Gasteiger partial charge >= 0.3 is 12.0 Å². The largest absolute Gasteiger partial charge is 0.491 e. The third-order valence-corrected chi connectivity index (χ3v) is 10.0. The van der Waals surface area contributed by atoms with Crippen LogP contribution in [0.2, 0.25) is 5.02 Å². The number of hydrogen-bond donors (Lipinski definition) is 2. The Morgan fingerprint density at radius 1 is 0.948 bits per heavy atom.